The Morgan fingerprint density at radius 3 is 2.30 bits per heavy atom. The molecule has 20 heavy (non-hydrogen) atoms. The Bertz CT molecular complexity index is 722. The number of aryl methyl sites for hydroxylation is 3. The first-order valence-corrected chi connectivity index (χ1v) is 6.22. The Kier molecular flexibility index (Phi) is 3.61. The Balaban J connectivity index is 2.42. The van der Waals surface area contributed by atoms with Crippen molar-refractivity contribution in [3.8, 4) is 5.75 Å². The molecule has 104 valence electrons. The van der Waals surface area contributed by atoms with Gasteiger partial charge in [0.2, 0.25) is 0 Å². The average molecular weight is 271 g/mol. The normalized spacial score (nSPS) is 11.2. The minimum Gasteiger partial charge on any atom is -0.507 e. The highest BCUT2D eigenvalue weighted by Crippen LogP contribution is 2.22. The van der Waals surface area contributed by atoms with E-state index in [1.807, 2.05) is 13.8 Å². The van der Waals surface area contributed by atoms with Gasteiger partial charge in [0.05, 0.1) is 6.21 Å². The molecule has 2 aromatic rings. The van der Waals surface area contributed by atoms with E-state index in [2.05, 4.69) is 5.10 Å². The van der Waals surface area contributed by atoms with Crippen molar-refractivity contribution in [3.05, 3.63) is 56.9 Å². The maximum atomic E-state index is 11.8. The lowest BCUT2D eigenvalue weighted by Gasteiger charge is -2.06. The summed E-state index contributed by atoms with van der Waals surface area (Å²) in [7, 11) is 0. The van der Waals surface area contributed by atoms with E-state index in [0.29, 0.717) is 5.82 Å². The maximum Gasteiger partial charge on any atom is 0.273 e. The van der Waals surface area contributed by atoms with Crippen LogP contribution in [0.4, 0.5) is 5.82 Å². The monoisotopic (exact) mass is 271 g/mol. The number of hydrogen-bond acceptors (Lipinski definition) is 4. The molecule has 3 N–H and O–H groups in total. The van der Waals surface area contributed by atoms with Gasteiger partial charge >= 0.3 is 0 Å². The lowest BCUT2D eigenvalue weighted by atomic mass is 10.1. The van der Waals surface area contributed by atoms with Crippen LogP contribution in [0.5, 0.6) is 5.75 Å². The molecule has 1 aromatic heterocycles. The molecule has 0 aliphatic rings. The second-order valence-corrected chi connectivity index (χ2v) is 4.86. The second-order valence-electron chi connectivity index (χ2n) is 4.86. The van der Waals surface area contributed by atoms with E-state index in [-0.39, 0.29) is 11.3 Å². The molecule has 0 amide bonds. The number of anilines is 1. The van der Waals surface area contributed by atoms with Crippen molar-refractivity contribution in [2.24, 2.45) is 5.10 Å². The highest BCUT2D eigenvalue weighted by molar-refractivity contribution is 5.81. The highest BCUT2D eigenvalue weighted by Gasteiger charge is 2.03. The van der Waals surface area contributed by atoms with Crippen LogP contribution in [-0.4, -0.2) is 16.0 Å². The zero-order chi connectivity index (χ0) is 14.9. The molecule has 0 aliphatic carbocycles. The third kappa shape index (κ3) is 2.71. The molecule has 0 aliphatic heterocycles. The van der Waals surface area contributed by atoms with Crippen LogP contribution in [-0.2, 0) is 0 Å². The number of phenolic OH excluding ortho intramolecular Hbond substituents is 1. The fourth-order valence-corrected chi connectivity index (χ4v) is 2.03. The molecule has 1 aromatic carbocycles. The first-order valence-electron chi connectivity index (χ1n) is 6.22. The molecule has 0 saturated carbocycles. The summed E-state index contributed by atoms with van der Waals surface area (Å²) in [5, 5.41) is 13.8. The van der Waals surface area contributed by atoms with Crippen LogP contribution in [0.15, 0.2) is 34.2 Å². The molecule has 0 spiro atoms. The number of benzene rings is 1. The average Bonchev–Trinajstić information content (AvgIpc) is 2.34. The molecule has 0 atom stereocenters. The summed E-state index contributed by atoms with van der Waals surface area (Å²) in [5.41, 5.74) is 8.62. The van der Waals surface area contributed by atoms with Gasteiger partial charge in [-0.15, -0.1) is 0 Å². The van der Waals surface area contributed by atoms with E-state index in [9.17, 15) is 9.90 Å². The summed E-state index contributed by atoms with van der Waals surface area (Å²) in [4.78, 5) is 11.8. The quantitative estimate of drug-likeness (QED) is 0.819. The van der Waals surface area contributed by atoms with Crippen LogP contribution >= 0.6 is 0 Å². The van der Waals surface area contributed by atoms with Crippen molar-refractivity contribution >= 4 is 12.0 Å². The standard InChI is InChI=1S/C15H17N3O2/c1-9-4-13(16)18(14(19)5-9)17-8-12-6-10(2)15(20)11(3)7-12/h4-8,20H,16H2,1-3H3/b17-8-. The molecule has 2 rings (SSSR count). The van der Waals surface area contributed by atoms with Gasteiger partial charge in [-0.25, -0.2) is 0 Å². The van der Waals surface area contributed by atoms with Gasteiger partial charge in [0.1, 0.15) is 11.6 Å². The lowest BCUT2D eigenvalue weighted by Crippen LogP contribution is -2.19. The van der Waals surface area contributed by atoms with Crippen LogP contribution in [0.1, 0.15) is 22.3 Å². The zero-order valence-electron chi connectivity index (χ0n) is 11.7. The Morgan fingerprint density at radius 2 is 1.75 bits per heavy atom. The molecule has 0 fully saturated rings. The van der Waals surface area contributed by atoms with Crippen molar-refractivity contribution in [2.75, 3.05) is 5.73 Å². The van der Waals surface area contributed by atoms with Gasteiger partial charge in [0.25, 0.3) is 5.56 Å². The third-order valence-electron chi connectivity index (χ3n) is 3.02. The van der Waals surface area contributed by atoms with Crippen molar-refractivity contribution in [3.63, 3.8) is 0 Å². The van der Waals surface area contributed by atoms with Crippen LogP contribution in [0.25, 0.3) is 0 Å². The highest BCUT2D eigenvalue weighted by atomic mass is 16.3. The smallest absolute Gasteiger partial charge is 0.273 e. The summed E-state index contributed by atoms with van der Waals surface area (Å²) in [6, 6.07) is 6.75. The largest absolute Gasteiger partial charge is 0.507 e. The summed E-state index contributed by atoms with van der Waals surface area (Å²) in [6.45, 7) is 5.43. The van der Waals surface area contributed by atoms with Gasteiger partial charge in [-0.1, -0.05) is 0 Å². The lowest BCUT2D eigenvalue weighted by molar-refractivity contribution is 0.467. The van der Waals surface area contributed by atoms with Gasteiger partial charge in [-0.2, -0.15) is 9.78 Å². The maximum absolute atomic E-state index is 11.8. The molecular weight excluding hydrogens is 254 g/mol. The molecule has 5 heteroatoms. The molecule has 0 saturated heterocycles. The van der Waals surface area contributed by atoms with Gasteiger partial charge in [0, 0.05) is 6.07 Å². The number of aromatic nitrogens is 1. The molecule has 0 unspecified atom stereocenters. The predicted octanol–water partition coefficient (Wildman–Crippen LogP) is 1.94. The van der Waals surface area contributed by atoms with Crippen LogP contribution in [0.3, 0.4) is 0 Å². The molecular formula is C15H17N3O2. The molecule has 0 radical (unpaired) electrons. The Labute approximate surface area is 117 Å². The number of nitrogen functional groups attached to an aromatic ring is 1. The first kappa shape index (κ1) is 13.9. The van der Waals surface area contributed by atoms with E-state index >= 15 is 0 Å². The zero-order valence-corrected chi connectivity index (χ0v) is 11.7. The minimum atomic E-state index is -0.272. The van der Waals surface area contributed by atoms with Gasteiger partial charge in [-0.3, -0.25) is 4.79 Å². The fraction of sp³-hybridized carbons (Fsp3) is 0.200. The number of pyridine rings is 1. The molecule has 5 nitrogen and oxygen atoms in total. The van der Waals surface area contributed by atoms with Gasteiger partial charge in [-0.05, 0) is 61.2 Å². The van der Waals surface area contributed by atoms with Crippen molar-refractivity contribution in [1.82, 2.24) is 4.68 Å². The van der Waals surface area contributed by atoms with Crippen molar-refractivity contribution in [1.29, 1.82) is 0 Å². The van der Waals surface area contributed by atoms with E-state index in [1.54, 1.807) is 31.3 Å². The Hall–Kier alpha value is -2.56. The van der Waals surface area contributed by atoms with E-state index < -0.39 is 0 Å². The SMILES string of the molecule is Cc1cc(N)n(/N=C\c2cc(C)c(O)c(C)c2)c(=O)c1. The number of nitrogens with two attached hydrogens (primary N) is 1. The topological polar surface area (TPSA) is 80.6 Å². The summed E-state index contributed by atoms with van der Waals surface area (Å²) in [5.74, 6) is 0.563. The number of hydrogen-bond donors (Lipinski definition) is 2. The third-order valence-corrected chi connectivity index (χ3v) is 3.02. The van der Waals surface area contributed by atoms with Crippen LogP contribution < -0.4 is 11.3 Å². The summed E-state index contributed by atoms with van der Waals surface area (Å²) in [6.07, 6.45) is 1.55. The molecule has 0 bridgehead atoms. The number of phenols is 1. The predicted molar refractivity (Wildman–Crippen MR) is 80.4 cm³/mol. The summed E-state index contributed by atoms with van der Waals surface area (Å²) >= 11 is 0. The van der Waals surface area contributed by atoms with Crippen molar-refractivity contribution in [2.45, 2.75) is 20.8 Å². The van der Waals surface area contributed by atoms with Crippen molar-refractivity contribution < 1.29 is 5.11 Å². The first-order chi connectivity index (χ1) is 9.38. The second kappa shape index (κ2) is 5.21. The van der Waals surface area contributed by atoms with E-state index in [0.717, 1.165) is 26.9 Å². The van der Waals surface area contributed by atoms with Gasteiger partial charge < -0.3 is 10.8 Å². The number of aromatic hydroxyl groups is 1. The summed E-state index contributed by atoms with van der Waals surface area (Å²) < 4.78 is 1.14. The number of nitrogens with zero attached hydrogens (tertiary/aromatic N) is 2. The van der Waals surface area contributed by atoms with E-state index in [4.69, 9.17) is 5.73 Å². The number of rotatable bonds is 2. The van der Waals surface area contributed by atoms with Crippen LogP contribution in [0.2, 0.25) is 0 Å². The molecule has 1 heterocycles. The van der Waals surface area contributed by atoms with E-state index in [1.165, 1.54) is 6.07 Å². The van der Waals surface area contributed by atoms with Gasteiger partial charge in [0.15, 0.2) is 0 Å². The Morgan fingerprint density at radius 1 is 1.15 bits per heavy atom. The van der Waals surface area contributed by atoms with Crippen LogP contribution in [0, 0.1) is 20.8 Å². The fourth-order valence-electron chi connectivity index (χ4n) is 2.03. The minimum absolute atomic E-state index is 0.272.